The first-order chi connectivity index (χ1) is 13.4. The zero-order valence-electron chi connectivity index (χ0n) is 16.8. The maximum atomic E-state index is 6.11. The number of nitrogen functional groups attached to an aromatic ring is 1. The minimum Gasteiger partial charge on any atom is -0.490 e. The Labute approximate surface area is 166 Å². The van der Waals surface area contributed by atoms with Crippen LogP contribution in [-0.4, -0.2) is 35.5 Å². The van der Waals surface area contributed by atoms with Gasteiger partial charge in [-0.05, 0) is 43.2 Å². The highest BCUT2D eigenvalue weighted by Crippen LogP contribution is 2.37. The quantitative estimate of drug-likeness (QED) is 0.447. The first kappa shape index (κ1) is 19.0. The molecular formula is C21H28N4O2Si. The van der Waals surface area contributed by atoms with Crippen molar-refractivity contribution < 1.29 is 9.47 Å². The van der Waals surface area contributed by atoms with Crippen molar-refractivity contribution in [3.8, 4) is 17.0 Å². The van der Waals surface area contributed by atoms with Crippen molar-refractivity contribution in [3.63, 3.8) is 0 Å². The van der Waals surface area contributed by atoms with E-state index in [2.05, 4.69) is 24.6 Å². The number of nitrogens with two attached hydrogens (primary N) is 1. The van der Waals surface area contributed by atoms with Crippen LogP contribution in [0.3, 0.4) is 0 Å². The fourth-order valence-corrected chi connectivity index (χ4v) is 3.77. The zero-order chi connectivity index (χ0) is 19.7. The van der Waals surface area contributed by atoms with Crippen molar-refractivity contribution in [3.05, 3.63) is 36.4 Å². The Morgan fingerprint density at radius 1 is 1.14 bits per heavy atom. The number of para-hydroxylation sites is 1. The summed E-state index contributed by atoms with van der Waals surface area (Å²) >= 11 is 0. The molecule has 0 aliphatic heterocycles. The molecular weight excluding hydrogens is 368 g/mol. The summed E-state index contributed by atoms with van der Waals surface area (Å²) in [6, 6.07) is 13.0. The fraction of sp³-hybridized carbons (Fsp3) is 0.429. The summed E-state index contributed by atoms with van der Waals surface area (Å²) in [6.07, 6.45) is 2.56. The molecule has 0 bridgehead atoms. The second-order valence-electron chi connectivity index (χ2n) is 8.62. The third kappa shape index (κ3) is 4.36. The van der Waals surface area contributed by atoms with Gasteiger partial charge in [-0.3, -0.25) is 0 Å². The number of hydrogen-bond donors (Lipinski definition) is 1. The predicted octanol–water partition coefficient (Wildman–Crippen LogP) is 4.53. The van der Waals surface area contributed by atoms with Crippen molar-refractivity contribution >= 4 is 24.9 Å². The monoisotopic (exact) mass is 396 g/mol. The van der Waals surface area contributed by atoms with Gasteiger partial charge < -0.3 is 15.2 Å². The van der Waals surface area contributed by atoms with Gasteiger partial charge in [0, 0.05) is 25.6 Å². The summed E-state index contributed by atoms with van der Waals surface area (Å²) in [5.41, 5.74) is 8.52. The number of benzene rings is 1. The molecule has 1 saturated carbocycles. The van der Waals surface area contributed by atoms with Gasteiger partial charge in [-0.15, -0.1) is 0 Å². The first-order valence-corrected chi connectivity index (χ1v) is 13.6. The van der Waals surface area contributed by atoms with Gasteiger partial charge in [-0.25, -0.2) is 9.67 Å². The molecule has 148 valence electrons. The Hall–Kier alpha value is -2.38. The van der Waals surface area contributed by atoms with Crippen LogP contribution in [-0.2, 0) is 11.5 Å². The molecule has 1 fully saturated rings. The molecule has 0 saturated heterocycles. The van der Waals surface area contributed by atoms with Gasteiger partial charge in [0.2, 0.25) is 0 Å². The highest BCUT2D eigenvalue weighted by Gasteiger charge is 2.26. The smallest absolute Gasteiger partial charge is 0.163 e. The molecule has 0 unspecified atom stereocenters. The maximum Gasteiger partial charge on any atom is 0.163 e. The Balaban J connectivity index is 1.66. The number of ether oxygens (including phenoxy) is 2. The van der Waals surface area contributed by atoms with E-state index in [1.165, 1.54) is 0 Å². The van der Waals surface area contributed by atoms with Crippen LogP contribution in [0.4, 0.5) is 5.82 Å². The Morgan fingerprint density at radius 2 is 1.93 bits per heavy atom. The van der Waals surface area contributed by atoms with E-state index in [1.54, 1.807) is 4.68 Å². The molecule has 0 atom stereocenters. The molecule has 2 heterocycles. The number of rotatable bonds is 8. The molecule has 2 aromatic heterocycles. The third-order valence-corrected chi connectivity index (χ3v) is 6.49. The number of aromatic nitrogens is 3. The standard InChI is InChI=1S/C21H28N4O2Si/c1-28(2,3)13-12-26-14-25-21-17(10-11-19(22)23-21)20(24-25)16-6-4-5-7-18(16)27-15-8-9-15/h4-7,10-11,15H,8-9,12-14H2,1-3H3,(H2,22,23). The highest BCUT2D eigenvalue weighted by atomic mass is 28.3. The minimum absolute atomic E-state index is 0.327. The van der Waals surface area contributed by atoms with E-state index in [0.29, 0.717) is 18.7 Å². The van der Waals surface area contributed by atoms with Crippen LogP contribution in [0.5, 0.6) is 5.75 Å². The maximum absolute atomic E-state index is 6.11. The van der Waals surface area contributed by atoms with Gasteiger partial charge in [0.1, 0.15) is 24.0 Å². The highest BCUT2D eigenvalue weighted by molar-refractivity contribution is 6.76. The van der Waals surface area contributed by atoms with Gasteiger partial charge in [0.25, 0.3) is 0 Å². The van der Waals surface area contributed by atoms with Crippen LogP contribution in [0.15, 0.2) is 36.4 Å². The molecule has 0 radical (unpaired) electrons. The molecule has 7 heteroatoms. The molecule has 0 spiro atoms. The van der Waals surface area contributed by atoms with E-state index in [9.17, 15) is 0 Å². The van der Waals surface area contributed by atoms with Crippen LogP contribution in [0.1, 0.15) is 12.8 Å². The van der Waals surface area contributed by atoms with Crippen LogP contribution < -0.4 is 10.5 Å². The zero-order valence-corrected chi connectivity index (χ0v) is 17.8. The van der Waals surface area contributed by atoms with Crippen molar-refractivity contribution in [2.75, 3.05) is 12.3 Å². The number of nitrogens with zero attached hydrogens (tertiary/aromatic N) is 3. The molecule has 1 aromatic carbocycles. The van der Waals surface area contributed by atoms with Crippen LogP contribution in [0.2, 0.25) is 25.7 Å². The fourth-order valence-electron chi connectivity index (χ4n) is 3.02. The average Bonchev–Trinajstić information content (AvgIpc) is 3.39. The molecule has 4 rings (SSSR count). The van der Waals surface area contributed by atoms with E-state index in [-0.39, 0.29) is 0 Å². The topological polar surface area (TPSA) is 75.2 Å². The Morgan fingerprint density at radius 3 is 2.68 bits per heavy atom. The van der Waals surface area contributed by atoms with Crippen LogP contribution in [0.25, 0.3) is 22.3 Å². The van der Waals surface area contributed by atoms with Crippen LogP contribution >= 0.6 is 0 Å². The summed E-state index contributed by atoms with van der Waals surface area (Å²) in [7, 11) is -1.13. The second-order valence-corrected chi connectivity index (χ2v) is 14.2. The second kappa shape index (κ2) is 7.56. The molecule has 2 N–H and O–H groups in total. The van der Waals surface area contributed by atoms with Crippen LogP contribution in [0, 0.1) is 0 Å². The van der Waals surface area contributed by atoms with Crippen molar-refractivity contribution in [2.45, 2.75) is 51.4 Å². The number of anilines is 1. The molecule has 1 aliphatic rings. The normalized spacial score (nSPS) is 14.5. The SMILES string of the molecule is C[Si](C)(C)CCOCn1nc(-c2ccccc2OC2CC2)c2ccc(N)nc21. The molecule has 3 aromatic rings. The summed E-state index contributed by atoms with van der Waals surface area (Å²) in [6.45, 7) is 8.13. The summed E-state index contributed by atoms with van der Waals surface area (Å²) in [5.74, 6) is 1.35. The van der Waals surface area contributed by atoms with Gasteiger partial charge in [-0.1, -0.05) is 31.8 Å². The molecule has 28 heavy (non-hydrogen) atoms. The average molecular weight is 397 g/mol. The van der Waals surface area contributed by atoms with Crippen molar-refractivity contribution in [2.24, 2.45) is 0 Å². The van der Waals surface area contributed by atoms with E-state index >= 15 is 0 Å². The van der Waals surface area contributed by atoms with E-state index in [1.807, 2.05) is 36.4 Å². The lowest BCUT2D eigenvalue weighted by atomic mass is 10.1. The number of hydrogen-bond acceptors (Lipinski definition) is 5. The molecule has 1 aliphatic carbocycles. The predicted molar refractivity (Wildman–Crippen MR) is 115 cm³/mol. The van der Waals surface area contributed by atoms with Gasteiger partial charge in [0.15, 0.2) is 5.65 Å². The van der Waals surface area contributed by atoms with Gasteiger partial charge in [-0.2, -0.15) is 5.10 Å². The van der Waals surface area contributed by atoms with E-state index < -0.39 is 8.07 Å². The van der Waals surface area contributed by atoms with Gasteiger partial charge in [0.05, 0.1) is 6.10 Å². The van der Waals surface area contributed by atoms with Crippen molar-refractivity contribution in [1.29, 1.82) is 0 Å². The third-order valence-electron chi connectivity index (χ3n) is 4.79. The lowest BCUT2D eigenvalue weighted by molar-refractivity contribution is 0.0814. The van der Waals surface area contributed by atoms with E-state index in [4.69, 9.17) is 20.3 Å². The lowest BCUT2D eigenvalue weighted by Crippen LogP contribution is -2.22. The minimum atomic E-state index is -1.13. The summed E-state index contributed by atoms with van der Waals surface area (Å²) in [4.78, 5) is 4.52. The lowest BCUT2D eigenvalue weighted by Gasteiger charge is -2.15. The summed E-state index contributed by atoms with van der Waals surface area (Å²) < 4.78 is 13.8. The molecule has 0 amide bonds. The van der Waals surface area contributed by atoms with E-state index in [0.717, 1.165) is 53.5 Å². The Bertz CT molecular complexity index is 976. The largest absolute Gasteiger partial charge is 0.490 e. The number of pyridine rings is 1. The summed E-state index contributed by atoms with van der Waals surface area (Å²) in [5, 5.41) is 5.78. The Kier molecular flexibility index (Phi) is 5.12. The first-order valence-electron chi connectivity index (χ1n) is 9.87. The molecule has 6 nitrogen and oxygen atoms in total. The van der Waals surface area contributed by atoms with Crippen molar-refractivity contribution in [1.82, 2.24) is 14.8 Å². The number of fused-ring (bicyclic) bond motifs is 1. The van der Waals surface area contributed by atoms with Gasteiger partial charge >= 0.3 is 0 Å².